The third-order valence-electron chi connectivity index (χ3n) is 4.24. The van der Waals surface area contributed by atoms with Crippen molar-refractivity contribution in [2.24, 2.45) is 7.05 Å². The van der Waals surface area contributed by atoms with E-state index in [2.05, 4.69) is 10.4 Å². The quantitative estimate of drug-likeness (QED) is 0.559. The van der Waals surface area contributed by atoms with E-state index in [4.69, 9.17) is 23.2 Å². The molecule has 0 spiro atoms. The second-order valence-corrected chi connectivity index (χ2v) is 6.87. The van der Waals surface area contributed by atoms with Crippen LogP contribution in [0.4, 0.5) is 18.9 Å². The Bertz CT molecular complexity index is 1060. The van der Waals surface area contributed by atoms with E-state index in [9.17, 15) is 18.0 Å². The number of nitrogens with zero attached hydrogens (tertiary/aromatic N) is 2. The van der Waals surface area contributed by atoms with Gasteiger partial charge in [0, 0.05) is 24.0 Å². The molecule has 0 aliphatic carbocycles. The molecule has 1 heterocycles. The zero-order valence-electron chi connectivity index (χ0n) is 14.7. The van der Waals surface area contributed by atoms with Gasteiger partial charge < -0.3 is 5.32 Å². The van der Waals surface area contributed by atoms with E-state index >= 15 is 0 Å². The molecule has 0 radical (unpaired) electrons. The number of alkyl halides is 3. The van der Waals surface area contributed by atoms with E-state index in [0.717, 1.165) is 4.68 Å². The highest BCUT2D eigenvalue weighted by Gasteiger charge is 2.40. The lowest BCUT2D eigenvalue weighted by Crippen LogP contribution is -2.19. The van der Waals surface area contributed by atoms with Gasteiger partial charge in [0.25, 0.3) is 5.91 Å². The summed E-state index contributed by atoms with van der Waals surface area (Å²) in [5.74, 6) is -0.898. The molecule has 9 heteroatoms. The highest BCUT2D eigenvalue weighted by Crippen LogP contribution is 2.35. The number of carbonyl (C=O) groups excluding carboxylic acids is 1. The van der Waals surface area contributed by atoms with Crippen molar-refractivity contribution < 1.29 is 18.0 Å². The molecule has 1 aromatic heterocycles. The van der Waals surface area contributed by atoms with Gasteiger partial charge in [-0.15, -0.1) is 0 Å². The van der Waals surface area contributed by atoms with Gasteiger partial charge in [0.1, 0.15) is 0 Å². The van der Waals surface area contributed by atoms with Gasteiger partial charge in [0.05, 0.1) is 15.6 Å². The SMILES string of the molecule is Cc1c(C(=O)Nc2ccccc2-c2ccc(Cl)c(Cl)c2)c(C(F)(F)F)nn1C. The largest absolute Gasteiger partial charge is 0.435 e. The van der Waals surface area contributed by atoms with E-state index in [1.54, 1.807) is 42.5 Å². The number of rotatable bonds is 3. The first-order chi connectivity index (χ1) is 13.1. The molecule has 0 saturated carbocycles. The van der Waals surface area contributed by atoms with E-state index < -0.39 is 23.3 Å². The normalized spacial score (nSPS) is 11.5. The molecular weight excluding hydrogens is 414 g/mol. The molecule has 0 saturated heterocycles. The summed E-state index contributed by atoms with van der Waals surface area (Å²) >= 11 is 12.0. The Balaban J connectivity index is 2.02. The van der Waals surface area contributed by atoms with Crippen LogP contribution in [0.5, 0.6) is 0 Å². The number of benzene rings is 2. The Labute approximate surface area is 168 Å². The average Bonchev–Trinajstić information content (AvgIpc) is 2.93. The van der Waals surface area contributed by atoms with E-state index in [-0.39, 0.29) is 5.69 Å². The molecule has 0 unspecified atom stereocenters. The third kappa shape index (κ3) is 3.86. The van der Waals surface area contributed by atoms with E-state index in [1.165, 1.54) is 14.0 Å². The maximum absolute atomic E-state index is 13.3. The number of anilines is 1. The summed E-state index contributed by atoms with van der Waals surface area (Å²) in [6.07, 6.45) is -4.75. The lowest BCUT2D eigenvalue weighted by molar-refractivity contribution is -0.141. The van der Waals surface area contributed by atoms with Crippen molar-refractivity contribution in [2.75, 3.05) is 5.32 Å². The minimum absolute atomic E-state index is 0.108. The Morgan fingerprint density at radius 3 is 2.43 bits per heavy atom. The van der Waals surface area contributed by atoms with E-state index in [1.807, 2.05) is 0 Å². The fourth-order valence-electron chi connectivity index (χ4n) is 2.77. The summed E-state index contributed by atoms with van der Waals surface area (Å²) in [4.78, 5) is 12.7. The van der Waals surface area contributed by atoms with Crippen molar-refractivity contribution in [2.45, 2.75) is 13.1 Å². The third-order valence-corrected chi connectivity index (χ3v) is 4.97. The molecule has 0 fully saturated rings. The van der Waals surface area contributed by atoms with Crippen molar-refractivity contribution in [3.63, 3.8) is 0 Å². The summed E-state index contributed by atoms with van der Waals surface area (Å²) in [6, 6.07) is 11.6. The molecule has 2 aromatic carbocycles. The average molecular weight is 428 g/mol. The Hall–Kier alpha value is -2.51. The van der Waals surface area contributed by atoms with Gasteiger partial charge in [-0.05, 0) is 30.7 Å². The number of para-hydroxylation sites is 1. The topological polar surface area (TPSA) is 46.9 Å². The van der Waals surface area contributed by atoms with Crippen LogP contribution in [-0.4, -0.2) is 15.7 Å². The van der Waals surface area contributed by atoms with Gasteiger partial charge >= 0.3 is 6.18 Å². The molecule has 1 amide bonds. The number of aryl methyl sites for hydroxylation is 1. The summed E-state index contributed by atoms with van der Waals surface area (Å²) in [7, 11) is 1.35. The number of amides is 1. The smallest absolute Gasteiger partial charge is 0.321 e. The van der Waals surface area contributed by atoms with Crippen LogP contribution in [0, 0.1) is 6.92 Å². The Morgan fingerprint density at radius 1 is 1.11 bits per heavy atom. The molecule has 0 aliphatic rings. The second kappa shape index (κ2) is 7.48. The fraction of sp³-hybridized carbons (Fsp3) is 0.158. The van der Waals surface area contributed by atoms with Gasteiger partial charge in [-0.25, -0.2) is 0 Å². The molecule has 146 valence electrons. The van der Waals surface area contributed by atoms with Crippen molar-refractivity contribution >= 4 is 34.8 Å². The van der Waals surface area contributed by atoms with Crippen molar-refractivity contribution in [3.8, 4) is 11.1 Å². The van der Waals surface area contributed by atoms with Crippen LogP contribution in [-0.2, 0) is 13.2 Å². The van der Waals surface area contributed by atoms with Crippen LogP contribution in [0.25, 0.3) is 11.1 Å². The zero-order chi connectivity index (χ0) is 20.6. The molecule has 0 atom stereocenters. The van der Waals surface area contributed by atoms with Crippen LogP contribution in [0.2, 0.25) is 10.0 Å². The molecular formula is C19H14Cl2F3N3O. The first-order valence-corrected chi connectivity index (χ1v) is 8.81. The highest BCUT2D eigenvalue weighted by atomic mass is 35.5. The van der Waals surface area contributed by atoms with E-state index in [0.29, 0.717) is 26.9 Å². The zero-order valence-corrected chi connectivity index (χ0v) is 16.2. The molecule has 3 aromatic rings. The predicted octanol–water partition coefficient (Wildman–Crippen LogP) is 5.97. The highest BCUT2D eigenvalue weighted by molar-refractivity contribution is 6.42. The minimum Gasteiger partial charge on any atom is -0.321 e. The standard InChI is InChI=1S/C19H14Cl2F3N3O/c1-10-16(17(19(22,23)24)26-27(10)2)18(28)25-15-6-4-3-5-12(15)11-7-8-13(20)14(21)9-11/h3-9H,1-2H3,(H,25,28). The molecule has 3 rings (SSSR count). The van der Waals surface area contributed by atoms with Crippen LogP contribution >= 0.6 is 23.2 Å². The molecule has 1 N–H and O–H groups in total. The number of hydrogen-bond acceptors (Lipinski definition) is 2. The maximum atomic E-state index is 13.3. The van der Waals surface area contributed by atoms with Gasteiger partial charge in [-0.3, -0.25) is 9.48 Å². The maximum Gasteiger partial charge on any atom is 0.435 e. The molecule has 4 nitrogen and oxygen atoms in total. The summed E-state index contributed by atoms with van der Waals surface area (Å²) < 4.78 is 40.9. The van der Waals surface area contributed by atoms with Crippen LogP contribution in [0.15, 0.2) is 42.5 Å². The summed E-state index contributed by atoms with van der Waals surface area (Å²) in [5, 5.41) is 6.69. The molecule has 0 aliphatic heterocycles. The Kier molecular flexibility index (Phi) is 5.41. The van der Waals surface area contributed by atoms with Gasteiger partial charge in [0.2, 0.25) is 0 Å². The van der Waals surface area contributed by atoms with Gasteiger partial charge in [-0.2, -0.15) is 18.3 Å². The Morgan fingerprint density at radius 2 is 1.79 bits per heavy atom. The number of halogens is 5. The van der Waals surface area contributed by atoms with Crippen LogP contribution < -0.4 is 5.32 Å². The second-order valence-electron chi connectivity index (χ2n) is 6.06. The number of aromatic nitrogens is 2. The lowest BCUT2D eigenvalue weighted by atomic mass is 10.0. The van der Waals surface area contributed by atoms with Gasteiger partial charge in [0.15, 0.2) is 5.69 Å². The monoisotopic (exact) mass is 427 g/mol. The molecule has 0 bridgehead atoms. The number of carbonyl (C=O) groups is 1. The summed E-state index contributed by atoms with van der Waals surface area (Å²) in [5.41, 5.74) is -0.0520. The van der Waals surface area contributed by atoms with Crippen LogP contribution in [0.1, 0.15) is 21.7 Å². The lowest BCUT2D eigenvalue weighted by Gasteiger charge is -2.13. The fourth-order valence-corrected chi connectivity index (χ4v) is 3.07. The summed E-state index contributed by atoms with van der Waals surface area (Å²) in [6.45, 7) is 1.40. The van der Waals surface area contributed by atoms with Crippen molar-refractivity contribution in [3.05, 3.63) is 69.5 Å². The predicted molar refractivity (Wildman–Crippen MR) is 103 cm³/mol. The number of hydrogen-bond donors (Lipinski definition) is 1. The molecule has 28 heavy (non-hydrogen) atoms. The first kappa shape index (κ1) is 20.2. The first-order valence-electron chi connectivity index (χ1n) is 8.06. The van der Waals surface area contributed by atoms with Crippen LogP contribution in [0.3, 0.4) is 0 Å². The van der Waals surface area contributed by atoms with Gasteiger partial charge in [-0.1, -0.05) is 47.5 Å². The van der Waals surface area contributed by atoms with Crippen molar-refractivity contribution in [1.82, 2.24) is 9.78 Å². The minimum atomic E-state index is -4.75. The number of nitrogens with one attached hydrogen (secondary N) is 1. The van der Waals surface area contributed by atoms with Crippen molar-refractivity contribution in [1.29, 1.82) is 0 Å².